The first-order valence-electron chi connectivity index (χ1n) is 7.90. The first-order valence-corrected chi connectivity index (χ1v) is 8.28. The summed E-state index contributed by atoms with van der Waals surface area (Å²) in [6, 6.07) is 9.54. The van der Waals surface area contributed by atoms with Crippen LogP contribution in [-0.2, 0) is 4.79 Å². The minimum atomic E-state index is -0.873. The van der Waals surface area contributed by atoms with Gasteiger partial charge in [-0.3, -0.25) is 9.59 Å². The van der Waals surface area contributed by atoms with E-state index in [-0.39, 0.29) is 11.3 Å². The summed E-state index contributed by atoms with van der Waals surface area (Å²) in [5, 5.41) is 3.08. The largest absolute Gasteiger partial charge is 0.486 e. The van der Waals surface area contributed by atoms with Gasteiger partial charge in [0.15, 0.2) is 17.6 Å². The fourth-order valence-corrected chi connectivity index (χ4v) is 2.58. The number of fused-ring (bicyclic) bond motifs is 1. The summed E-state index contributed by atoms with van der Waals surface area (Å²) in [6.45, 7) is 2.51. The molecule has 2 aromatic carbocycles. The summed E-state index contributed by atoms with van der Waals surface area (Å²) in [7, 11) is 0. The van der Waals surface area contributed by atoms with Crippen molar-refractivity contribution in [3.63, 3.8) is 0 Å². The van der Waals surface area contributed by atoms with E-state index in [1.165, 1.54) is 12.1 Å². The first kappa shape index (κ1) is 17.9. The van der Waals surface area contributed by atoms with E-state index in [1.807, 2.05) is 0 Å². The quantitative estimate of drug-likeness (QED) is 0.835. The van der Waals surface area contributed by atoms with Crippen LogP contribution < -0.4 is 25.3 Å². The number of ether oxygens (including phenoxy) is 3. The number of anilines is 1. The highest BCUT2D eigenvalue weighted by atomic mass is 35.5. The van der Waals surface area contributed by atoms with Gasteiger partial charge in [-0.05, 0) is 37.3 Å². The molecule has 136 valence electrons. The van der Waals surface area contributed by atoms with E-state index in [0.717, 1.165) is 0 Å². The molecule has 0 spiro atoms. The first-order chi connectivity index (χ1) is 12.4. The lowest BCUT2D eigenvalue weighted by molar-refractivity contribution is -0.122. The van der Waals surface area contributed by atoms with Gasteiger partial charge in [-0.1, -0.05) is 11.6 Å². The van der Waals surface area contributed by atoms with Crippen molar-refractivity contribution in [3.8, 4) is 17.2 Å². The molecule has 7 nitrogen and oxygen atoms in total. The number of hydrogen-bond donors (Lipinski definition) is 2. The lowest BCUT2D eigenvalue weighted by atomic mass is 10.2. The Morgan fingerprint density at radius 2 is 1.88 bits per heavy atom. The van der Waals surface area contributed by atoms with Gasteiger partial charge in [0.25, 0.3) is 11.8 Å². The minimum absolute atomic E-state index is 0.108. The highest BCUT2D eigenvalue weighted by Gasteiger charge is 2.20. The van der Waals surface area contributed by atoms with Crippen LogP contribution in [0, 0.1) is 0 Å². The standard InChI is InChI=1S/C18H17ClN2O5/c1-10(26-14-4-2-11(19)8-13(14)17(20)22)18(23)21-12-3-5-15-16(9-12)25-7-6-24-15/h2-5,8-10H,6-7H2,1H3,(H2,20,22)(H,21,23)/t10-/m1/s1. The minimum Gasteiger partial charge on any atom is -0.486 e. The monoisotopic (exact) mass is 376 g/mol. The Kier molecular flexibility index (Phi) is 5.18. The van der Waals surface area contributed by atoms with Crippen LogP contribution >= 0.6 is 11.6 Å². The van der Waals surface area contributed by atoms with Crippen LogP contribution in [0.25, 0.3) is 0 Å². The topological polar surface area (TPSA) is 99.9 Å². The van der Waals surface area contributed by atoms with Gasteiger partial charge in [0.1, 0.15) is 19.0 Å². The Morgan fingerprint density at radius 3 is 2.62 bits per heavy atom. The number of nitrogens with one attached hydrogen (secondary N) is 1. The summed E-state index contributed by atoms with van der Waals surface area (Å²) in [4.78, 5) is 23.9. The molecule has 0 unspecified atom stereocenters. The highest BCUT2D eigenvalue weighted by Crippen LogP contribution is 2.32. The third-order valence-electron chi connectivity index (χ3n) is 3.69. The van der Waals surface area contributed by atoms with Crippen LogP contribution in [0.2, 0.25) is 5.02 Å². The van der Waals surface area contributed by atoms with E-state index in [1.54, 1.807) is 31.2 Å². The number of nitrogens with two attached hydrogens (primary N) is 1. The maximum atomic E-state index is 12.4. The molecule has 0 saturated carbocycles. The molecule has 1 aliphatic heterocycles. The number of hydrogen-bond acceptors (Lipinski definition) is 5. The molecule has 2 aromatic rings. The van der Waals surface area contributed by atoms with E-state index in [0.29, 0.717) is 35.4 Å². The van der Waals surface area contributed by atoms with Gasteiger partial charge in [0.05, 0.1) is 5.56 Å². The fraction of sp³-hybridized carbons (Fsp3) is 0.222. The zero-order valence-corrected chi connectivity index (χ0v) is 14.7. The highest BCUT2D eigenvalue weighted by molar-refractivity contribution is 6.31. The van der Waals surface area contributed by atoms with Crippen molar-refractivity contribution in [3.05, 3.63) is 47.0 Å². The number of rotatable bonds is 5. The van der Waals surface area contributed by atoms with E-state index in [9.17, 15) is 9.59 Å². The second-order valence-corrected chi connectivity index (χ2v) is 6.05. The Hall–Kier alpha value is -2.93. The van der Waals surface area contributed by atoms with Crippen molar-refractivity contribution in [2.45, 2.75) is 13.0 Å². The predicted octanol–water partition coefficient (Wildman–Crippen LogP) is 2.62. The normalized spacial score (nSPS) is 13.6. The summed E-state index contributed by atoms with van der Waals surface area (Å²) < 4.78 is 16.5. The van der Waals surface area contributed by atoms with Crippen LogP contribution in [-0.4, -0.2) is 31.1 Å². The average Bonchev–Trinajstić information content (AvgIpc) is 2.62. The molecule has 1 heterocycles. The Bertz CT molecular complexity index is 855. The molecule has 0 aliphatic carbocycles. The van der Waals surface area contributed by atoms with E-state index in [2.05, 4.69) is 5.32 Å². The molecule has 0 aromatic heterocycles. The molecule has 1 aliphatic rings. The molecule has 26 heavy (non-hydrogen) atoms. The second kappa shape index (κ2) is 7.53. The van der Waals surface area contributed by atoms with Crippen LogP contribution in [0.3, 0.4) is 0 Å². The van der Waals surface area contributed by atoms with Crippen molar-refractivity contribution in [1.82, 2.24) is 0 Å². The van der Waals surface area contributed by atoms with Gasteiger partial charge < -0.3 is 25.3 Å². The molecule has 2 amide bonds. The van der Waals surface area contributed by atoms with Gasteiger partial charge in [-0.25, -0.2) is 0 Å². The lowest BCUT2D eigenvalue weighted by Gasteiger charge is -2.20. The smallest absolute Gasteiger partial charge is 0.265 e. The van der Waals surface area contributed by atoms with Gasteiger partial charge >= 0.3 is 0 Å². The predicted molar refractivity (Wildman–Crippen MR) is 96.1 cm³/mol. The molecule has 0 radical (unpaired) electrons. The summed E-state index contributed by atoms with van der Waals surface area (Å²) >= 11 is 5.86. The van der Waals surface area contributed by atoms with Crippen molar-refractivity contribution < 1.29 is 23.8 Å². The maximum absolute atomic E-state index is 12.4. The molecular weight excluding hydrogens is 360 g/mol. The fourth-order valence-electron chi connectivity index (χ4n) is 2.41. The molecular formula is C18H17ClN2O5. The van der Waals surface area contributed by atoms with Gasteiger partial charge in [0, 0.05) is 16.8 Å². The number of primary amides is 1. The molecule has 0 bridgehead atoms. The van der Waals surface area contributed by atoms with Gasteiger partial charge in [-0.2, -0.15) is 0 Å². The van der Waals surface area contributed by atoms with Crippen LogP contribution in [0.15, 0.2) is 36.4 Å². The SMILES string of the molecule is C[C@@H](Oc1ccc(Cl)cc1C(N)=O)C(=O)Nc1ccc2c(c1)OCCO2. The van der Waals surface area contributed by atoms with Crippen molar-refractivity contribution in [2.24, 2.45) is 5.73 Å². The Morgan fingerprint density at radius 1 is 1.15 bits per heavy atom. The number of benzene rings is 2. The van der Waals surface area contributed by atoms with E-state index in [4.69, 9.17) is 31.5 Å². The maximum Gasteiger partial charge on any atom is 0.265 e. The Balaban J connectivity index is 1.70. The third-order valence-corrected chi connectivity index (χ3v) is 3.92. The summed E-state index contributed by atoms with van der Waals surface area (Å²) in [6.07, 6.45) is -0.873. The van der Waals surface area contributed by atoms with Crippen molar-refractivity contribution >= 4 is 29.1 Å². The Labute approximate surface area is 155 Å². The number of amides is 2. The molecule has 3 N–H and O–H groups in total. The van der Waals surface area contributed by atoms with E-state index < -0.39 is 17.9 Å². The van der Waals surface area contributed by atoms with Crippen LogP contribution in [0.5, 0.6) is 17.2 Å². The summed E-state index contributed by atoms with van der Waals surface area (Å²) in [5.41, 5.74) is 5.97. The second-order valence-electron chi connectivity index (χ2n) is 5.61. The lowest BCUT2D eigenvalue weighted by Crippen LogP contribution is -2.31. The molecule has 1 atom stereocenters. The molecule has 3 rings (SSSR count). The van der Waals surface area contributed by atoms with Crippen LogP contribution in [0.1, 0.15) is 17.3 Å². The van der Waals surface area contributed by atoms with Gasteiger partial charge in [-0.15, -0.1) is 0 Å². The number of carbonyl (C=O) groups excluding carboxylic acids is 2. The third kappa shape index (κ3) is 4.00. The molecule has 0 saturated heterocycles. The molecule has 8 heteroatoms. The molecule has 0 fully saturated rings. The van der Waals surface area contributed by atoms with E-state index >= 15 is 0 Å². The number of halogens is 1. The summed E-state index contributed by atoms with van der Waals surface area (Å²) in [5.74, 6) is 0.294. The van der Waals surface area contributed by atoms with Gasteiger partial charge in [0.2, 0.25) is 0 Å². The average molecular weight is 377 g/mol. The zero-order valence-electron chi connectivity index (χ0n) is 14.0. The zero-order chi connectivity index (χ0) is 18.7. The number of carbonyl (C=O) groups is 2. The van der Waals surface area contributed by atoms with Crippen molar-refractivity contribution in [1.29, 1.82) is 0 Å². The van der Waals surface area contributed by atoms with Crippen LogP contribution in [0.4, 0.5) is 5.69 Å². The van der Waals surface area contributed by atoms with Crippen molar-refractivity contribution in [2.75, 3.05) is 18.5 Å².